The lowest BCUT2D eigenvalue weighted by Gasteiger charge is -2.28. The van der Waals surface area contributed by atoms with Crippen molar-refractivity contribution in [1.29, 1.82) is 0 Å². The van der Waals surface area contributed by atoms with Gasteiger partial charge in [0, 0.05) is 29.3 Å². The number of aromatic nitrogens is 2. The maximum Gasteiger partial charge on any atom is 0.189 e. The first-order chi connectivity index (χ1) is 14.7. The molecular formula is C23H21FN4S2. The Morgan fingerprint density at radius 2 is 1.93 bits per heavy atom. The van der Waals surface area contributed by atoms with Crippen LogP contribution in [0.4, 0.5) is 15.3 Å². The Morgan fingerprint density at radius 3 is 2.67 bits per heavy atom. The fourth-order valence-electron chi connectivity index (χ4n) is 3.66. The summed E-state index contributed by atoms with van der Waals surface area (Å²) >= 11 is 2.92. The summed E-state index contributed by atoms with van der Waals surface area (Å²) in [6.07, 6.45) is 9.75. The average Bonchev–Trinajstić information content (AvgIpc) is 3.43. The lowest BCUT2D eigenvalue weighted by atomic mass is 9.95. The third-order valence-electron chi connectivity index (χ3n) is 5.39. The molecule has 30 heavy (non-hydrogen) atoms. The van der Waals surface area contributed by atoms with Crippen LogP contribution >= 0.6 is 23.1 Å². The molecule has 0 atom stereocenters. The molecule has 3 aromatic rings. The van der Waals surface area contributed by atoms with Crippen molar-refractivity contribution in [3.63, 3.8) is 0 Å². The Morgan fingerprint density at radius 1 is 1.10 bits per heavy atom. The Hall–Kier alpha value is -2.64. The smallest absolute Gasteiger partial charge is 0.189 e. The lowest BCUT2D eigenvalue weighted by molar-refractivity contribution is 0.332. The highest BCUT2D eigenvalue weighted by atomic mass is 32.2. The molecule has 1 aliphatic carbocycles. The van der Waals surface area contributed by atoms with Gasteiger partial charge in [-0.15, -0.1) is 0 Å². The number of pyridine rings is 1. The summed E-state index contributed by atoms with van der Waals surface area (Å²) in [7, 11) is 0. The molecule has 1 saturated carbocycles. The van der Waals surface area contributed by atoms with Crippen LogP contribution < -0.4 is 5.32 Å². The number of allylic oxidation sites excluding steroid dienone is 1. The van der Waals surface area contributed by atoms with Gasteiger partial charge in [0.15, 0.2) is 5.13 Å². The molecule has 5 rings (SSSR count). The minimum absolute atomic E-state index is 0.0843. The number of halogens is 1. The number of thioether (sulfide) groups is 1. The van der Waals surface area contributed by atoms with Crippen LogP contribution in [0.15, 0.2) is 88.1 Å². The van der Waals surface area contributed by atoms with E-state index in [-0.39, 0.29) is 11.2 Å². The van der Waals surface area contributed by atoms with Gasteiger partial charge in [-0.05, 0) is 36.6 Å². The molecule has 0 amide bonds. The number of nitrogens with zero attached hydrogens (tertiary/aromatic N) is 3. The minimum Gasteiger partial charge on any atom is -0.370 e. The third kappa shape index (κ3) is 4.27. The fraction of sp³-hybridized carbons (Fsp3) is 0.217. The topological polar surface area (TPSA) is 41.1 Å². The van der Waals surface area contributed by atoms with E-state index < -0.39 is 0 Å². The zero-order valence-electron chi connectivity index (χ0n) is 16.3. The van der Waals surface area contributed by atoms with Gasteiger partial charge in [-0.2, -0.15) is 0 Å². The molecule has 1 fully saturated rings. The van der Waals surface area contributed by atoms with E-state index in [0.717, 1.165) is 21.7 Å². The van der Waals surface area contributed by atoms with E-state index in [1.807, 2.05) is 36.5 Å². The second kappa shape index (κ2) is 8.24. The Bertz CT molecular complexity index is 1070. The van der Waals surface area contributed by atoms with Gasteiger partial charge in [0.05, 0.1) is 17.0 Å². The number of anilines is 2. The van der Waals surface area contributed by atoms with Gasteiger partial charge in [-0.3, -0.25) is 0 Å². The summed E-state index contributed by atoms with van der Waals surface area (Å²) in [5.41, 5.74) is 1.54. The van der Waals surface area contributed by atoms with Gasteiger partial charge in [0.25, 0.3) is 0 Å². The van der Waals surface area contributed by atoms with Crippen LogP contribution in [-0.4, -0.2) is 28.0 Å². The second-order valence-corrected chi connectivity index (χ2v) is 9.94. The van der Waals surface area contributed by atoms with Crippen LogP contribution in [-0.2, 0) is 5.41 Å². The van der Waals surface area contributed by atoms with E-state index in [0.29, 0.717) is 11.4 Å². The van der Waals surface area contributed by atoms with Crippen LogP contribution in [0.3, 0.4) is 0 Å². The van der Waals surface area contributed by atoms with Crippen molar-refractivity contribution in [3.05, 3.63) is 89.5 Å². The number of hydrogen-bond acceptors (Lipinski definition) is 6. The van der Waals surface area contributed by atoms with E-state index in [9.17, 15) is 4.39 Å². The maximum atomic E-state index is 14.9. The average molecular weight is 437 g/mol. The molecular weight excluding hydrogens is 415 g/mol. The summed E-state index contributed by atoms with van der Waals surface area (Å²) < 4.78 is 15.8. The van der Waals surface area contributed by atoms with Gasteiger partial charge >= 0.3 is 0 Å². The van der Waals surface area contributed by atoms with E-state index >= 15 is 0 Å². The van der Waals surface area contributed by atoms with Crippen molar-refractivity contribution in [2.24, 2.45) is 0 Å². The first-order valence-corrected chi connectivity index (χ1v) is 11.5. The number of rotatable bonds is 7. The number of nitrogens with one attached hydrogen (secondary N) is 1. The van der Waals surface area contributed by atoms with Crippen molar-refractivity contribution in [2.75, 3.05) is 18.4 Å². The summed E-state index contributed by atoms with van der Waals surface area (Å²) in [6.45, 7) is 1.18. The molecule has 0 radical (unpaired) electrons. The molecule has 0 spiro atoms. The third-order valence-corrected chi connectivity index (χ3v) is 7.48. The van der Waals surface area contributed by atoms with Crippen molar-refractivity contribution in [3.8, 4) is 0 Å². The molecule has 1 aliphatic heterocycles. The van der Waals surface area contributed by atoms with E-state index in [4.69, 9.17) is 0 Å². The van der Waals surface area contributed by atoms with Gasteiger partial charge in [-0.1, -0.05) is 59.5 Å². The van der Waals surface area contributed by atoms with E-state index in [1.54, 1.807) is 12.4 Å². The predicted molar refractivity (Wildman–Crippen MR) is 122 cm³/mol. The number of thiazole rings is 1. The quantitative estimate of drug-likeness (QED) is 0.483. The monoisotopic (exact) mass is 436 g/mol. The number of hydrogen-bond donors (Lipinski definition) is 1. The molecule has 3 heterocycles. The second-order valence-electron chi connectivity index (χ2n) is 7.56. The molecule has 7 heteroatoms. The van der Waals surface area contributed by atoms with Gasteiger partial charge in [0.1, 0.15) is 11.6 Å². The summed E-state index contributed by atoms with van der Waals surface area (Å²) in [4.78, 5) is 11.4. The van der Waals surface area contributed by atoms with Crippen LogP contribution in [0, 0.1) is 0 Å². The Kier molecular flexibility index (Phi) is 5.31. The molecule has 0 bridgehead atoms. The normalized spacial score (nSPS) is 17.3. The summed E-state index contributed by atoms with van der Waals surface area (Å²) in [5, 5.41) is 3.92. The molecule has 1 aromatic carbocycles. The first-order valence-electron chi connectivity index (χ1n) is 9.88. The van der Waals surface area contributed by atoms with E-state index in [1.165, 1.54) is 41.5 Å². The first kappa shape index (κ1) is 19.3. The van der Waals surface area contributed by atoms with E-state index in [2.05, 4.69) is 44.5 Å². The Labute approximate surface area is 183 Å². The highest BCUT2D eigenvalue weighted by Crippen LogP contribution is 2.49. The zero-order valence-corrected chi connectivity index (χ0v) is 17.9. The largest absolute Gasteiger partial charge is 0.370 e. The van der Waals surface area contributed by atoms with Crippen LogP contribution in [0.2, 0.25) is 0 Å². The molecule has 1 N–H and O–H groups in total. The number of benzene rings is 1. The Balaban J connectivity index is 1.21. The van der Waals surface area contributed by atoms with Crippen LogP contribution in [0.1, 0.15) is 18.4 Å². The molecule has 2 aliphatic rings. The minimum atomic E-state index is -0.0843. The highest BCUT2D eigenvalue weighted by molar-refractivity contribution is 8.05. The molecule has 2 aromatic heterocycles. The van der Waals surface area contributed by atoms with Crippen LogP contribution in [0.5, 0.6) is 0 Å². The fourth-order valence-corrected chi connectivity index (χ4v) is 5.51. The molecule has 0 saturated heterocycles. The SMILES string of the molecule is FC1=C(Sc2cnc(Nc3ccccn3)s2)C=CN(CC2(c3ccccc3)CC2)C1. The highest BCUT2D eigenvalue weighted by Gasteiger charge is 2.45. The summed E-state index contributed by atoms with van der Waals surface area (Å²) in [5.74, 6) is 0.661. The van der Waals surface area contributed by atoms with Gasteiger partial charge < -0.3 is 10.2 Å². The van der Waals surface area contributed by atoms with Crippen LogP contribution in [0.25, 0.3) is 0 Å². The molecule has 152 valence electrons. The van der Waals surface area contributed by atoms with Crippen molar-refractivity contribution in [1.82, 2.24) is 14.9 Å². The lowest BCUT2D eigenvalue weighted by Crippen LogP contribution is -2.31. The zero-order chi connectivity index (χ0) is 20.4. The van der Waals surface area contributed by atoms with Crippen molar-refractivity contribution in [2.45, 2.75) is 22.5 Å². The molecule has 0 unspecified atom stereocenters. The maximum absolute atomic E-state index is 14.9. The van der Waals surface area contributed by atoms with Gasteiger partial charge in [-0.25, -0.2) is 14.4 Å². The summed E-state index contributed by atoms with van der Waals surface area (Å²) in [6, 6.07) is 16.3. The van der Waals surface area contributed by atoms with Crippen molar-refractivity contribution >= 4 is 34.0 Å². The molecule has 4 nitrogen and oxygen atoms in total. The van der Waals surface area contributed by atoms with Crippen molar-refractivity contribution < 1.29 is 4.39 Å². The standard InChI is InChI=1S/C23H21FN4S2/c24-18-15-28(16-23(10-11-23)17-6-2-1-3-7-17)13-9-19(18)29-21-14-26-22(30-21)27-20-8-4-5-12-25-20/h1-9,12-14H,10-11,15-16H2,(H,25,26,27). The predicted octanol–water partition coefficient (Wildman–Crippen LogP) is 6.12. The van der Waals surface area contributed by atoms with Gasteiger partial charge in [0.2, 0.25) is 0 Å².